The summed E-state index contributed by atoms with van der Waals surface area (Å²) in [6.45, 7) is 2.03. The van der Waals surface area contributed by atoms with Crippen LogP contribution in [0.1, 0.15) is 71.1 Å². The number of hydrogen-bond acceptors (Lipinski definition) is 4. The summed E-state index contributed by atoms with van der Waals surface area (Å²) in [6.07, 6.45) is 13.6. The summed E-state index contributed by atoms with van der Waals surface area (Å²) < 4.78 is 1.68. The van der Waals surface area contributed by atoms with Gasteiger partial charge in [-0.25, -0.2) is 4.98 Å². The molecule has 1 atom stereocenters. The van der Waals surface area contributed by atoms with E-state index in [9.17, 15) is 14.4 Å². The Bertz CT molecular complexity index is 594. The van der Waals surface area contributed by atoms with Crippen molar-refractivity contribution >= 4 is 17.6 Å². The highest BCUT2D eigenvalue weighted by Gasteiger charge is 2.24. The van der Waals surface area contributed by atoms with Crippen molar-refractivity contribution in [1.29, 1.82) is 0 Å². The second-order valence-corrected chi connectivity index (χ2v) is 7.34. The zero-order chi connectivity index (χ0) is 19.5. The number of rotatable bonds is 12. The van der Waals surface area contributed by atoms with Crippen LogP contribution in [-0.4, -0.2) is 39.2 Å². The molecular formula is C20H32N4O3. The number of Topliss-reactive ketones (excluding diaryl/α,β-unsaturated/α-hetero) is 1. The molecule has 0 radical (unpaired) electrons. The van der Waals surface area contributed by atoms with Crippen LogP contribution in [-0.2, 0) is 20.9 Å². The standard InChI is InChI=1S/C20H32N4O3/c1-2-17(25)10-4-3-5-11-18(20(27)22-16-8-6-7-9-16)23-19(26)14-24-13-12-21-15-24/h12-13,15-16,18H,2-11,14H2,1H3,(H,22,27)(H,23,26)/t18-/m0/s1. The maximum Gasteiger partial charge on any atom is 0.242 e. The first-order valence-corrected chi connectivity index (χ1v) is 10.2. The highest BCUT2D eigenvalue weighted by molar-refractivity contribution is 5.87. The van der Waals surface area contributed by atoms with E-state index in [4.69, 9.17) is 0 Å². The third-order valence-corrected chi connectivity index (χ3v) is 5.08. The van der Waals surface area contributed by atoms with E-state index in [-0.39, 0.29) is 30.2 Å². The maximum absolute atomic E-state index is 12.7. The Balaban J connectivity index is 1.81. The van der Waals surface area contributed by atoms with E-state index in [1.807, 2.05) is 6.92 Å². The summed E-state index contributed by atoms with van der Waals surface area (Å²) >= 11 is 0. The minimum atomic E-state index is -0.525. The van der Waals surface area contributed by atoms with Gasteiger partial charge in [0, 0.05) is 31.3 Å². The number of amides is 2. The van der Waals surface area contributed by atoms with Gasteiger partial charge < -0.3 is 15.2 Å². The third kappa shape index (κ3) is 7.93. The fourth-order valence-electron chi connectivity index (χ4n) is 3.45. The van der Waals surface area contributed by atoms with Crippen molar-refractivity contribution in [2.75, 3.05) is 0 Å². The molecule has 1 aliphatic rings. The quantitative estimate of drug-likeness (QED) is 0.548. The first-order chi connectivity index (χ1) is 13.1. The van der Waals surface area contributed by atoms with Crippen LogP contribution < -0.4 is 10.6 Å². The van der Waals surface area contributed by atoms with Gasteiger partial charge in [0.05, 0.1) is 6.33 Å². The van der Waals surface area contributed by atoms with E-state index in [1.54, 1.807) is 23.3 Å². The Morgan fingerprint density at radius 1 is 1.19 bits per heavy atom. The van der Waals surface area contributed by atoms with Gasteiger partial charge in [-0.05, 0) is 25.7 Å². The number of hydrogen-bond donors (Lipinski definition) is 2. The van der Waals surface area contributed by atoms with Crippen LogP contribution in [0, 0.1) is 0 Å². The second kappa shape index (κ2) is 11.5. The van der Waals surface area contributed by atoms with E-state index in [1.165, 1.54) is 0 Å². The van der Waals surface area contributed by atoms with Crippen LogP contribution in [0.2, 0.25) is 0 Å². The second-order valence-electron chi connectivity index (χ2n) is 7.34. The Hall–Kier alpha value is -2.18. The molecule has 0 bridgehead atoms. The Morgan fingerprint density at radius 2 is 1.96 bits per heavy atom. The number of carbonyl (C=O) groups is 3. The molecule has 0 aromatic carbocycles. The van der Waals surface area contributed by atoms with Crippen molar-refractivity contribution in [2.45, 2.75) is 89.8 Å². The molecule has 1 fully saturated rings. The molecule has 0 spiro atoms. The largest absolute Gasteiger partial charge is 0.352 e. The monoisotopic (exact) mass is 376 g/mol. The average Bonchev–Trinajstić information content (AvgIpc) is 3.34. The van der Waals surface area contributed by atoms with E-state index in [2.05, 4.69) is 15.6 Å². The summed E-state index contributed by atoms with van der Waals surface area (Å²) in [5, 5.41) is 5.96. The van der Waals surface area contributed by atoms with Gasteiger partial charge in [-0.3, -0.25) is 14.4 Å². The number of carbonyl (C=O) groups excluding carboxylic acids is 3. The number of ketones is 1. The van der Waals surface area contributed by atoms with Gasteiger partial charge in [0.2, 0.25) is 11.8 Å². The molecule has 1 saturated carbocycles. The lowest BCUT2D eigenvalue weighted by atomic mass is 10.0. The molecule has 2 N–H and O–H groups in total. The molecule has 1 aromatic rings. The van der Waals surface area contributed by atoms with Crippen molar-refractivity contribution in [3.05, 3.63) is 18.7 Å². The summed E-state index contributed by atoms with van der Waals surface area (Å²) in [4.78, 5) is 40.3. The van der Waals surface area contributed by atoms with Crippen molar-refractivity contribution in [3.63, 3.8) is 0 Å². The van der Waals surface area contributed by atoms with Gasteiger partial charge in [-0.2, -0.15) is 0 Å². The molecule has 0 saturated heterocycles. The van der Waals surface area contributed by atoms with Crippen LogP contribution in [0.25, 0.3) is 0 Å². The molecular weight excluding hydrogens is 344 g/mol. The van der Waals surface area contributed by atoms with Crippen LogP contribution in [0.3, 0.4) is 0 Å². The Kier molecular flexibility index (Phi) is 9.01. The predicted octanol–water partition coefficient (Wildman–Crippen LogP) is 2.36. The first-order valence-electron chi connectivity index (χ1n) is 10.2. The summed E-state index contributed by atoms with van der Waals surface area (Å²) in [7, 11) is 0. The van der Waals surface area contributed by atoms with Crippen molar-refractivity contribution < 1.29 is 14.4 Å². The highest BCUT2D eigenvalue weighted by atomic mass is 16.2. The Morgan fingerprint density at radius 3 is 2.63 bits per heavy atom. The van der Waals surface area contributed by atoms with Crippen molar-refractivity contribution in [1.82, 2.24) is 20.2 Å². The van der Waals surface area contributed by atoms with Gasteiger partial charge in [-0.1, -0.05) is 32.6 Å². The number of unbranched alkanes of at least 4 members (excludes halogenated alkanes) is 2. The summed E-state index contributed by atoms with van der Waals surface area (Å²) in [6, 6.07) is -0.295. The molecule has 1 aromatic heterocycles. The van der Waals surface area contributed by atoms with Crippen LogP contribution in [0.5, 0.6) is 0 Å². The molecule has 1 heterocycles. The van der Waals surface area contributed by atoms with Gasteiger partial charge in [-0.15, -0.1) is 0 Å². The zero-order valence-corrected chi connectivity index (χ0v) is 16.3. The fraction of sp³-hybridized carbons (Fsp3) is 0.700. The van der Waals surface area contributed by atoms with Crippen molar-refractivity contribution in [2.24, 2.45) is 0 Å². The molecule has 0 aliphatic heterocycles. The van der Waals surface area contributed by atoms with E-state index < -0.39 is 6.04 Å². The predicted molar refractivity (Wildman–Crippen MR) is 103 cm³/mol. The molecule has 2 amide bonds. The third-order valence-electron chi connectivity index (χ3n) is 5.08. The smallest absolute Gasteiger partial charge is 0.242 e. The maximum atomic E-state index is 12.7. The first kappa shape index (κ1) is 21.1. The summed E-state index contributed by atoms with van der Waals surface area (Å²) in [5.74, 6) is -0.00888. The van der Waals surface area contributed by atoms with Gasteiger partial charge >= 0.3 is 0 Å². The number of nitrogens with zero attached hydrogens (tertiary/aromatic N) is 2. The fourth-order valence-corrected chi connectivity index (χ4v) is 3.45. The van der Waals surface area contributed by atoms with Gasteiger partial charge in [0.25, 0.3) is 0 Å². The molecule has 150 valence electrons. The zero-order valence-electron chi connectivity index (χ0n) is 16.3. The number of imidazole rings is 1. The van der Waals surface area contributed by atoms with Crippen LogP contribution >= 0.6 is 0 Å². The van der Waals surface area contributed by atoms with Gasteiger partial charge in [0.1, 0.15) is 18.4 Å². The van der Waals surface area contributed by atoms with E-state index in [0.29, 0.717) is 19.3 Å². The van der Waals surface area contributed by atoms with Crippen LogP contribution in [0.15, 0.2) is 18.7 Å². The lowest BCUT2D eigenvalue weighted by Gasteiger charge is -2.21. The SMILES string of the molecule is CCC(=O)CCCCC[C@H](NC(=O)Cn1ccnc1)C(=O)NC1CCCC1. The lowest BCUT2D eigenvalue weighted by Crippen LogP contribution is -2.49. The van der Waals surface area contributed by atoms with Crippen LogP contribution in [0.4, 0.5) is 0 Å². The van der Waals surface area contributed by atoms with E-state index in [0.717, 1.165) is 44.9 Å². The molecule has 2 rings (SSSR count). The molecule has 7 heteroatoms. The van der Waals surface area contributed by atoms with Gasteiger partial charge in [0.15, 0.2) is 0 Å². The lowest BCUT2D eigenvalue weighted by molar-refractivity contribution is -0.129. The molecule has 1 aliphatic carbocycles. The van der Waals surface area contributed by atoms with E-state index >= 15 is 0 Å². The normalized spacial score (nSPS) is 15.4. The number of aromatic nitrogens is 2. The number of nitrogens with one attached hydrogen (secondary N) is 2. The molecule has 0 unspecified atom stereocenters. The molecule has 27 heavy (non-hydrogen) atoms. The summed E-state index contributed by atoms with van der Waals surface area (Å²) in [5.41, 5.74) is 0. The highest BCUT2D eigenvalue weighted by Crippen LogP contribution is 2.18. The topological polar surface area (TPSA) is 93.1 Å². The minimum Gasteiger partial charge on any atom is -0.352 e. The minimum absolute atomic E-state index is 0.0921. The Labute approximate surface area is 161 Å². The molecule has 7 nitrogen and oxygen atoms in total. The average molecular weight is 377 g/mol. The van der Waals surface area contributed by atoms with Crippen molar-refractivity contribution in [3.8, 4) is 0 Å².